The average molecular weight is 433 g/mol. The summed E-state index contributed by atoms with van der Waals surface area (Å²) in [4.78, 5) is 16.8. The standard InChI is InChI=1S/C23H23N5O4/c1-15-19(16(2)32-27-15)13-31-20-10-9-18(11-21(20)30-3)22(29)25-23-24-14-28(26-23)12-17-7-5-4-6-8-17/h4-11,14H,12-13H2,1-3H3,(H,25,26,29). The third kappa shape index (κ3) is 4.77. The third-order valence-corrected chi connectivity index (χ3v) is 4.93. The van der Waals surface area contributed by atoms with E-state index in [1.54, 1.807) is 29.2 Å². The molecule has 0 unspecified atom stereocenters. The molecule has 2 heterocycles. The van der Waals surface area contributed by atoms with Gasteiger partial charge in [0, 0.05) is 5.56 Å². The Bertz CT molecular complexity index is 1200. The van der Waals surface area contributed by atoms with Crippen molar-refractivity contribution in [3.8, 4) is 11.5 Å². The maximum atomic E-state index is 12.7. The number of carbonyl (C=O) groups excluding carboxylic acids is 1. The Morgan fingerprint density at radius 1 is 1.12 bits per heavy atom. The minimum absolute atomic E-state index is 0.226. The molecule has 0 aliphatic carbocycles. The fraction of sp³-hybridized carbons (Fsp3) is 0.217. The molecule has 2 aromatic carbocycles. The number of carbonyl (C=O) groups is 1. The zero-order valence-electron chi connectivity index (χ0n) is 18.0. The van der Waals surface area contributed by atoms with Gasteiger partial charge in [0.1, 0.15) is 18.7 Å². The quantitative estimate of drug-likeness (QED) is 0.451. The van der Waals surface area contributed by atoms with Gasteiger partial charge in [-0.05, 0) is 37.6 Å². The van der Waals surface area contributed by atoms with Crippen LogP contribution in [0, 0.1) is 13.8 Å². The first-order chi connectivity index (χ1) is 15.5. The van der Waals surface area contributed by atoms with E-state index >= 15 is 0 Å². The Morgan fingerprint density at radius 3 is 2.66 bits per heavy atom. The molecule has 0 bridgehead atoms. The van der Waals surface area contributed by atoms with E-state index < -0.39 is 0 Å². The van der Waals surface area contributed by atoms with Gasteiger partial charge in [0.15, 0.2) is 11.5 Å². The Kier molecular flexibility index (Phi) is 6.16. The van der Waals surface area contributed by atoms with Crippen LogP contribution >= 0.6 is 0 Å². The molecule has 164 valence electrons. The fourth-order valence-corrected chi connectivity index (χ4v) is 3.16. The number of aryl methyl sites for hydroxylation is 2. The number of rotatable bonds is 8. The second-order valence-electron chi connectivity index (χ2n) is 7.16. The zero-order valence-corrected chi connectivity index (χ0v) is 18.0. The van der Waals surface area contributed by atoms with E-state index in [9.17, 15) is 4.79 Å². The van der Waals surface area contributed by atoms with Gasteiger partial charge in [-0.3, -0.25) is 10.1 Å². The van der Waals surface area contributed by atoms with Crippen molar-refractivity contribution in [2.24, 2.45) is 0 Å². The van der Waals surface area contributed by atoms with Crippen LogP contribution in [0.3, 0.4) is 0 Å². The number of ether oxygens (including phenoxy) is 2. The monoisotopic (exact) mass is 433 g/mol. The summed E-state index contributed by atoms with van der Waals surface area (Å²) in [6.45, 7) is 4.54. The molecular weight excluding hydrogens is 410 g/mol. The van der Waals surface area contributed by atoms with Gasteiger partial charge >= 0.3 is 0 Å². The molecule has 0 fully saturated rings. The van der Waals surface area contributed by atoms with Crippen molar-refractivity contribution < 1.29 is 18.8 Å². The van der Waals surface area contributed by atoms with E-state index in [1.165, 1.54) is 7.11 Å². The number of hydrogen-bond donors (Lipinski definition) is 1. The van der Waals surface area contributed by atoms with Crippen LogP contribution in [-0.4, -0.2) is 32.9 Å². The molecule has 0 spiro atoms. The summed E-state index contributed by atoms with van der Waals surface area (Å²) in [6, 6.07) is 14.8. The number of nitrogens with zero attached hydrogens (tertiary/aromatic N) is 4. The van der Waals surface area contributed by atoms with Gasteiger partial charge in [0.2, 0.25) is 5.95 Å². The van der Waals surface area contributed by atoms with E-state index in [2.05, 4.69) is 20.6 Å². The summed E-state index contributed by atoms with van der Waals surface area (Å²) >= 11 is 0. The fourth-order valence-electron chi connectivity index (χ4n) is 3.16. The number of amides is 1. The van der Waals surface area contributed by atoms with Crippen LogP contribution in [0.15, 0.2) is 59.4 Å². The number of anilines is 1. The Morgan fingerprint density at radius 2 is 1.94 bits per heavy atom. The summed E-state index contributed by atoms with van der Waals surface area (Å²) in [5, 5.41) is 10.9. The van der Waals surface area contributed by atoms with Crippen molar-refractivity contribution in [3.63, 3.8) is 0 Å². The molecule has 0 saturated heterocycles. The summed E-state index contributed by atoms with van der Waals surface area (Å²) in [6.07, 6.45) is 1.58. The van der Waals surface area contributed by atoms with Crippen LogP contribution in [0.5, 0.6) is 11.5 Å². The number of benzene rings is 2. The number of nitrogens with one attached hydrogen (secondary N) is 1. The SMILES string of the molecule is COc1cc(C(=O)Nc2ncn(Cc3ccccc3)n2)ccc1OCc1c(C)noc1C. The molecule has 0 aliphatic heterocycles. The van der Waals surface area contributed by atoms with Crippen LogP contribution in [0.2, 0.25) is 0 Å². The van der Waals surface area contributed by atoms with E-state index in [1.807, 2.05) is 44.2 Å². The van der Waals surface area contributed by atoms with Gasteiger partial charge in [0.25, 0.3) is 5.91 Å². The molecule has 0 saturated carbocycles. The summed E-state index contributed by atoms with van der Waals surface area (Å²) < 4.78 is 18.1. The average Bonchev–Trinajstić information content (AvgIpc) is 3.38. The molecule has 0 aliphatic rings. The molecule has 0 atom stereocenters. The predicted molar refractivity (Wildman–Crippen MR) is 117 cm³/mol. The molecule has 1 amide bonds. The van der Waals surface area contributed by atoms with E-state index in [4.69, 9.17) is 14.0 Å². The Labute approximate surface area is 185 Å². The van der Waals surface area contributed by atoms with Crippen LogP contribution in [-0.2, 0) is 13.2 Å². The summed E-state index contributed by atoms with van der Waals surface area (Å²) in [7, 11) is 1.52. The molecule has 9 nitrogen and oxygen atoms in total. The largest absolute Gasteiger partial charge is 0.493 e. The molecule has 4 rings (SSSR count). The second kappa shape index (κ2) is 9.34. The maximum Gasteiger partial charge on any atom is 0.258 e. The van der Waals surface area contributed by atoms with E-state index in [0.717, 1.165) is 16.8 Å². The normalized spacial score (nSPS) is 10.7. The smallest absolute Gasteiger partial charge is 0.258 e. The predicted octanol–water partition coefficient (Wildman–Crippen LogP) is 3.77. The first-order valence-electron chi connectivity index (χ1n) is 10.0. The number of hydrogen-bond acceptors (Lipinski definition) is 7. The minimum atomic E-state index is -0.349. The Balaban J connectivity index is 1.41. The van der Waals surface area contributed by atoms with Crippen LogP contribution in [0.4, 0.5) is 5.95 Å². The van der Waals surface area contributed by atoms with Gasteiger partial charge in [0.05, 0.1) is 24.9 Å². The molecular formula is C23H23N5O4. The summed E-state index contributed by atoms with van der Waals surface area (Å²) in [5.74, 6) is 1.53. The van der Waals surface area contributed by atoms with E-state index in [-0.39, 0.29) is 18.5 Å². The maximum absolute atomic E-state index is 12.7. The lowest BCUT2D eigenvalue weighted by Crippen LogP contribution is -2.14. The lowest BCUT2D eigenvalue weighted by atomic mass is 10.2. The second-order valence-corrected chi connectivity index (χ2v) is 7.16. The summed E-state index contributed by atoms with van der Waals surface area (Å²) in [5.41, 5.74) is 3.14. The number of aromatic nitrogens is 4. The highest BCUT2D eigenvalue weighted by Gasteiger charge is 2.15. The molecule has 4 aromatic rings. The number of methoxy groups -OCH3 is 1. The van der Waals surface area contributed by atoms with Gasteiger partial charge in [-0.2, -0.15) is 0 Å². The van der Waals surface area contributed by atoms with Crippen molar-refractivity contribution >= 4 is 11.9 Å². The molecule has 0 radical (unpaired) electrons. The van der Waals surface area contributed by atoms with Crippen LogP contribution < -0.4 is 14.8 Å². The van der Waals surface area contributed by atoms with Crippen molar-refractivity contribution in [2.45, 2.75) is 27.0 Å². The zero-order chi connectivity index (χ0) is 22.5. The molecule has 2 aromatic heterocycles. The van der Waals surface area contributed by atoms with Crippen molar-refractivity contribution in [1.82, 2.24) is 19.9 Å². The van der Waals surface area contributed by atoms with Gasteiger partial charge in [-0.15, -0.1) is 5.10 Å². The first kappa shape index (κ1) is 21.1. The Hall–Kier alpha value is -4.14. The molecule has 9 heteroatoms. The highest BCUT2D eigenvalue weighted by Crippen LogP contribution is 2.29. The highest BCUT2D eigenvalue weighted by molar-refractivity contribution is 6.03. The molecule has 32 heavy (non-hydrogen) atoms. The van der Waals surface area contributed by atoms with E-state index in [0.29, 0.717) is 29.4 Å². The van der Waals surface area contributed by atoms with Gasteiger partial charge in [-0.1, -0.05) is 35.5 Å². The topological polar surface area (TPSA) is 104 Å². The van der Waals surface area contributed by atoms with Gasteiger partial charge in [-0.25, -0.2) is 9.67 Å². The highest BCUT2D eigenvalue weighted by atomic mass is 16.5. The van der Waals surface area contributed by atoms with Crippen molar-refractivity contribution in [1.29, 1.82) is 0 Å². The molecule has 1 N–H and O–H groups in total. The lowest BCUT2D eigenvalue weighted by molar-refractivity contribution is 0.102. The lowest BCUT2D eigenvalue weighted by Gasteiger charge is -2.12. The van der Waals surface area contributed by atoms with Crippen molar-refractivity contribution in [2.75, 3.05) is 12.4 Å². The van der Waals surface area contributed by atoms with Gasteiger partial charge < -0.3 is 14.0 Å². The first-order valence-corrected chi connectivity index (χ1v) is 10.0. The van der Waals surface area contributed by atoms with Crippen LogP contribution in [0.1, 0.15) is 32.9 Å². The van der Waals surface area contributed by atoms with Crippen LogP contribution in [0.25, 0.3) is 0 Å². The van der Waals surface area contributed by atoms with Crippen molar-refractivity contribution in [3.05, 3.63) is 83.0 Å². The minimum Gasteiger partial charge on any atom is -0.493 e. The third-order valence-electron chi connectivity index (χ3n) is 4.93.